The van der Waals surface area contributed by atoms with Crippen molar-refractivity contribution in [3.63, 3.8) is 0 Å². The fraction of sp³-hybridized carbons (Fsp3) is 0.611. The van der Waals surface area contributed by atoms with Crippen LogP contribution in [0.5, 0.6) is 5.75 Å². The molecule has 1 aromatic heterocycles. The first-order valence-corrected chi connectivity index (χ1v) is 9.06. The van der Waals surface area contributed by atoms with Crippen LogP contribution >= 0.6 is 0 Å². The van der Waals surface area contributed by atoms with Crippen molar-refractivity contribution in [3.05, 3.63) is 17.8 Å². The minimum atomic E-state index is -0.234. The summed E-state index contributed by atoms with van der Waals surface area (Å²) in [4.78, 5) is 27.9. The molecule has 1 aromatic rings. The number of amides is 2. The molecule has 0 spiro atoms. The lowest BCUT2D eigenvalue weighted by atomic mass is 9.87. The SMILES string of the molecule is CC(CC1CC2CCC(C1)N2)NC(=O)c1cnc2c(c1)OCC(=O)N2. The highest BCUT2D eigenvalue weighted by atomic mass is 16.5. The molecule has 4 rings (SSSR count). The van der Waals surface area contributed by atoms with Gasteiger partial charge in [-0.3, -0.25) is 9.59 Å². The molecule has 0 aliphatic carbocycles. The largest absolute Gasteiger partial charge is 0.480 e. The van der Waals surface area contributed by atoms with Crippen molar-refractivity contribution < 1.29 is 14.3 Å². The Morgan fingerprint density at radius 2 is 2.16 bits per heavy atom. The molecule has 3 aliphatic heterocycles. The summed E-state index contributed by atoms with van der Waals surface area (Å²) in [5, 5.41) is 9.34. The van der Waals surface area contributed by atoms with Gasteiger partial charge in [-0.1, -0.05) is 0 Å². The molecule has 3 aliphatic rings. The maximum Gasteiger partial charge on any atom is 0.263 e. The third-order valence-corrected chi connectivity index (χ3v) is 5.37. The van der Waals surface area contributed by atoms with Crippen LogP contribution in [0.2, 0.25) is 0 Å². The molecule has 3 unspecified atom stereocenters. The predicted molar refractivity (Wildman–Crippen MR) is 92.6 cm³/mol. The summed E-state index contributed by atoms with van der Waals surface area (Å²) in [7, 11) is 0. The van der Waals surface area contributed by atoms with Crippen LogP contribution in [0.4, 0.5) is 5.82 Å². The minimum absolute atomic E-state index is 0.0474. The van der Waals surface area contributed by atoms with Crippen LogP contribution in [0.25, 0.3) is 0 Å². The quantitative estimate of drug-likeness (QED) is 0.769. The number of pyridine rings is 1. The number of fused-ring (bicyclic) bond motifs is 3. The highest BCUT2D eigenvalue weighted by Crippen LogP contribution is 2.33. The van der Waals surface area contributed by atoms with Gasteiger partial charge in [0.25, 0.3) is 11.8 Å². The average Bonchev–Trinajstić information content (AvgIpc) is 2.92. The van der Waals surface area contributed by atoms with Gasteiger partial charge in [-0.25, -0.2) is 4.98 Å². The Kier molecular flexibility index (Phi) is 4.33. The van der Waals surface area contributed by atoms with Crippen LogP contribution in [0.15, 0.2) is 12.3 Å². The number of anilines is 1. The number of piperidine rings is 1. The molecule has 2 fully saturated rings. The molecule has 134 valence electrons. The van der Waals surface area contributed by atoms with Crippen molar-refractivity contribution in [3.8, 4) is 5.75 Å². The first kappa shape index (κ1) is 16.3. The third-order valence-electron chi connectivity index (χ3n) is 5.37. The monoisotopic (exact) mass is 344 g/mol. The Bertz CT molecular complexity index is 681. The Morgan fingerprint density at radius 3 is 2.92 bits per heavy atom. The lowest BCUT2D eigenvalue weighted by Crippen LogP contribution is -2.41. The lowest BCUT2D eigenvalue weighted by Gasteiger charge is -2.31. The van der Waals surface area contributed by atoms with E-state index in [2.05, 4.69) is 27.9 Å². The number of carbonyl (C=O) groups is 2. The molecule has 2 bridgehead atoms. The van der Waals surface area contributed by atoms with Gasteiger partial charge in [0.1, 0.15) is 0 Å². The second kappa shape index (κ2) is 6.63. The van der Waals surface area contributed by atoms with Crippen LogP contribution < -0.4 is 20.7 Å². The molecule has 2 saturated heterocycles. The Morgan fingerprint density at radius 1 is 1.40 bits per heavy atom. The molecule has 4 heterocycles. The number of carbonyl (C=O) groups excluding carboxylic acids is 2. The van der Waals surface area contributed by atoms with Crippen LogP contribution in [0, 0.1) is 5.92 Å². The van der Waals surface area contributed by atoms with E-state index in [-0.39, 0.29) is 24.5 Å². The highest BCUT2D eigenvalue weighted by molar-refractivity contribution is 5.97. The zero-order valence-corrected chi connectivity index (χ0v) is 14.4. The Balaban J connectivity index is 1.34. The van der Waals surface area contributed by atoms with Gasteiger partial charge < -0.3 is 20.7 Å². The summed E-state index contributed by atoms with van der Waals surface area (Å²) in [6.45, 7) is 2.01. The zero-order chi connectivity index (χ0) is 17.4. The van der Waals surface area contributed by atoms with E-state index in [1.165, 1.54) is 31.9 Å². The van der Waals surface area contributed by atoms with Crippen molar-refractivity contribution >= 4 is 17.6 Å². The fourth-order valence-corrected chi connectivity index (χ4v) is 4.32. The number of aromatic nitrogens is 1. The molecule has 0 saturated carbocycles. The zero-order valence-electron chi connectivity index (χ0n) is 14.4. The number of nitrogens with one attached hydrogen (secondary N) is 3. The van der Waals surface area contributed by atoms with Crippen molar-refractivity contribution in [2.24, 2.45) is 5.92 Å². The summed E-state index contributed by atoms with van der Waals surface area (Å²) in [5.41, 5.74) is 0.451. The number of rotatable bonds is 4. The molecular weight excluding hydrogens is 320 g/mol. The summed E-state index contributed by atoms with van der Waals surface area (Å²) < 4.78 is 5.32. The molecule has 2 amide bonds. The highest BCUT2D eigenvalue weighted by Gasteiger charge is 2.34. The number of nitrogens with zero attached hydrogens (tertiary/aromatic N) is 1. The van der Waals surface area contributed by atoms with Gasteiger partial charge in [-0.05, 0) is 51.0 Å². The standard InChI is InChI=1S/C18H24N4O3/c1-10(4-11-5-13-2-3-14(6-11)21-13)20-18(24)12-7-15-17(19-8-12)22-16(23)9-25-15/h7-8,10-11,13-14,21H,2-6,9H2,1H3,(H,20,24)(H,19,22,23). The average molecular weight is 344 g/mol. The van der Waals surface area contributed by atoms with E-state index in [4.69, 9.17) is 4.74 Å². The summed E-state index contributed by atoms with van der Waals surface area (Å²) in [6, 6.07) is 3.09. The molecule has 0 radical (unpaired) electrons. The van der Waals surface area contributed by atoms with Crippen LogP contribution in [0.3, 0.4) is 0 Å². The van der Waals surface area contributed by atoms with Crippen LogP contribution in [0.1, 0.15) is 49.4 Å². The van der Waals surface area contributed by atoms with Crippen LogP contribution in [-0.4, -0.2) is 41.5 Å². The topological polar surface area (TPSA) is 92.3 Å². The van der Waals surface area contributed by atoms with E-state index in [1.807, 2.05) is 0 Å². The van der Waals surface area contributed by atoms with E-state index in [9.17, 15) is 9.59 Å². The smallest absolute Gasteiger partial charge is 0.263 e. The van der Waals surface area contributed by atoms with E-state index in [0.717, 1.165) is 6.42 Å². The Labute approximate surface area is 146 Å². The second-order valence-electron chi connectivity index (χ2n) is 7.49. The van der Waals surface area contributed by atoms with Crippen molar-refractivity contribution in [2.75, 3.05) is 11.9 Å². The molecule has 25 heavy (non-hydrogen) atoms. The first-order valence-electron chi connectivity index (χ1n) is 9.06. The maximum absolute atomic E-state index is 12.5. The number of hydrogen-bond acceptors (Lipinski definition) is 5. The van der Waals surface area contributed by atoms with Gasteiger partial charge in [0.2, 0.25) is 0 Å². The minimum Gasteiger partial charge on any atom is -0.480 e. The molecule has 3 atom stereocenters. The molecule has 0 aromatic carbocycles. The second-order valence-corrected chi connectivity index (χ2v) is 7.49. The van der Waals surface area contributed by atoms with Crippen LogP contribution in [-0.2, 0) is 4.79 Å². The van der Waals surface area contributed by atoms with Gasteiger partial charge >= 0.3 is 0 Å². The molecular formula is C18H24N4O3. The van der Waals surface area contributed by atoms with Gasteiger partial charge in [0.05, 0.1) is 5.56 Å². The van der Waals surface area contributed by atoms with Gasteiger partial charge in [0, 0.05) is 24.3 Å². The summed E-state index contributed by atoms with van der Waals surface area (Å²) in [5.74, 6) is 1.09. The predicted octanol–water partition coefficient (Wildman–Crippen LogP) is 1.45. The molecule has 7 heteroatoms. The fourth-order valence-electron chi connectivity index (χ4n) is 4.32. The van der Waals surface area contributed by atoms with E-state index < -0.39 is 0 Å². The van der Waals surface area contributed by atoms with E-state index in [0.29, 0.717) is 35.1 Å². The van der Waals surface area contributed by atoms with Gasteiger partial charge in [-0.2, -0.15) is 0 Å². The normalized spacial score (nSPS) is 28.5. The summed E-state index contributed by atoms with van der Waals surface area (Å²) >= 11 is 0. The van der Waals surface area contributed by atoms with Crippen molar-refractivity contribution in [1.82, 2.24) is 15.6 Å². The number of hydrogen-bond donors (Lipinski definition) is 3. The lowest BCUT2D eigenvalue weighted by molar-refractivity contribution is -0.118. The summed E-state index contributed by atoms with van der Waals surface area (Å²) in [6.07, 6.45) is 7.49. The van der Waals surface area contributed by atoms with Crippen molar-refractivity contribution in [2.45, 2.75) is 57.2 Å². The van der Waals surface area contributed by atoms with Gasteiger partial charge in [0.15, 0.2) is 18.2 Å². The third kappa shape index (κ3) is 3.61. The molecule has 3 N–H and O–H groups in total. The van der Waals surface area contributed by atoms with E-state index in [1.54, 1.807) is 6.07 Å². The van der Waals surface area contributed by atoms with Crippen molar-refractivity contribution in [1.29, 1.82) is 0 Å². The van der Waals surface area contributed by atoms with E-state index >= 15 is 0 Å². The van der Waals surface area contributed by atoms with Gasteiger partial charge in [-0.15, -0.1) is 0 Å². The first-order chi connectivity index (χ1) is 12.1. The maximum atomic E-state index is 12.5. The molecule has 7 nitrogen and oxygen atoms in total. The number of ether oxygens (including phenoxy) is 1. The Hall–Kier alpha value is -2.15.